The Labute approximate surface area is 98.9 Å². The average molecular weight is 237 g/mol. The molecule has 1 aromatic rings. The van der Waals surface area contributed by atoms with Crippen LogP contribution in [0.1, 0.15) is 23.2 Å². The zero-order chi connectivity index (χ0) is 12.4. The molecule has 5 nitrogen and oxygen atoms in total. The fourth-order valence-electron chi connectivity index (χ4n) is 2.18. The normalized spacial score (nSPS) is 19.6. The summed E-state index contributed by atoms with van der Waals surface area (Å²) in [4.78, 5) is 13.6. The molecule has 3 N–H and O–H groups in total. The third kappa shape index (κ3) is 2.06. The van der Waals surface area contributed by atoms with Gasteiger partial charge >= 0.3 is 0 Å². The van der Waals surface area contributed by atoms with Crippen LogP contribution in [0.4, 0.5) is 0 Å². The average Bonchev–Trinajstić information content (AvgIpc) is 2.76. The van der Waals surface area contributed by atoms with E-state index in [1.54, 1.807) is 0 Å². The number of aromatic hydroxyl groups is 2. The summed E-state index contributed by atoms with van der Waals surface area (Å²) < 4.78 is 0. The highest BCUT2D eigenvalue weighted by atomic mass is 16.3. The molecular formula is C12H15NO4. The zero-order valence-corrected chi connectivity index (χ0v) is 9.33. The maximum Gasteiger partial charge on any atom is 0.261 e. The third-order valence-electron chi connectivity index (χ3n) is 3.08. The number of nitrogens with zero attached hydrogens (tertiary/aromatic N) is 1. The lowest BCUT2D eigenvalue weighted by Crippen LogP contribution is -2.37. The van der Waals surface area contributed by atoms with E-state index in [0.717, 1.165) is 12.8 Å². The van der Waals surface area contributed by atoms with Gasteiger partial charge in [-0.15, -0.1) is 0 Å². The number of hydrogen-bond acceptors (Lipinski definition) is 4. The molecule has 0 bridgehead atoms. The zero-order valence-electron chi connectivity index (χ0n) is 9.33. The van der Waals surface area contributed by atoms with Gasteiger partial charge in [-0.25, -0.2) is 0 Å². The molecule has 1 amide bonds. The summed E-state index contributed by atoms with van der Waals surface area (Å²) in [7, 11) is 0. The number of aliphatic hydroxyl groups excluding tert-OH is 1. The van der Waals surface area contributed by atoms with E-state index in [1.165, 1.54) is 23.1 Å². The first-order valence-corrected chi connectivity index (χ1v) is 5.58. The first-order valence-electron chi connectivity index (χ1n) is 5.58. The lowest BCUT2D eigenvalue weighted by Gasteiger charge is -2.23. The van der Waals surface area contributed by atoms with E-state index < -0.39 is 5.91 Å². The van der Waals surface area contributed by atoms with Crippen LogP contribution in [-0.2, 0) is 0 Å². The number of hydrogen-bond donors (Lipinski definition) is 3. The van der Waals surface area contributed by atoms with Crippen LogP contribution in [0.15, 0.2) is 18.2 Å². The predicted molar refractivity (Wildman–Crippen MR) is 60.9 cm³/mol. The second-order valence-corrected chi connectivity index (χ2v) is 4.15. The van der Waals surface area contributed by atoms with Crippen LogP contribution in [0.5, 0.6) is 11.5 Å². The monoisotopic (exact) mass is 237 g/mol. The second kappa shape index (κ2) is 4.63. The Morgan fingerprint density at radius 2 is 2.00 bits per heavy atom. The summed E-state index contributed by atoms with van der Waals surface area (Å²) >= 11 is 0. The Morgan fingerprint density at radius 1 is 1.35 bits per heavy atom. The summed E-state index contributed by atoms with van der Waals surface area (Å²) in [6.45, 7) is 0.442. The van der Waals surface area contributed by atoms with Crippen molar-refractivity contribution in [3.8, 4) is 11.5 Å². The highest BCUT2D eigenvalue weighted by Crippen LogP contribution is 2.30. The molecule has 92 valence electrons. The van der Waals surface area contributed by atoms with Crippen molar-refractivity contribution < 1.29 is 20.1 Å². The maximum absolute atomic E-state index is 12.2. The first kappa shape index (κ1) is 11.7. The lowest BCUT2D eigenvalue weighted by molar-refractivity contribution is 0.0671. The smallest absolute Gasteiger partial charge is 0.261 e. The van der Waals surface area contributed by atoms with Crippen LogP contribution in [0.2, 0.25) is 0 Å². The summed E-state index contributed by atoms with van der Waals surface area (Å²) in [5.74, 6) is -0.908. The van der Waals surface area contributed by atoms with Gasteiger partial charge in [-0.3, -0.25) is 4.79 Å². The largest absolute Gasteiger partial charge is 0.507 e. The van der Waals surface area contributed by atoms with E-state index in [9.17, 15) is 15.0 Å². The van der Waals surface area contributed by atoms with Crippen molar-refractivity contribution in [3.63, 3.8) is 0 Å². The third-order valence-corrected chi connectivity index (χ3v) is 3.08. The number of carbonyl (C=O) groups excluding carboxylic acids is 1. The number of amides is 1. The Bertz CT molecular complexity index is 412. The molecule has 0 aliphatic carbocycles. The number of phenols is 2. The molecule has 1 aliphatic rings. The van der Waals surface area contributed by atoms with Crippen molar-refractivity contribution in [1.82, 2.24) is 4.90 Å². The highest BCUT2D eigenvalue weighted by Gasteiger charge is 2.31. The molecular weight excluding hydrogens is 222 g/mol. The minimum Gasteiger partial charge on any atom is -0.507 e. The van der Waals surface area contributed by atoms with E-state index >= 15 is 0 Å². The van der Waals surface area contributed by atoms with E-state index in [0.29, 0.717) is 6.54 Å². The maximum atomic E-state index is 12.2. The van der Waals surface area contributed by atoms with E-state index in [-0.39, 0.29) is 29.7 Å². The van der Waals surface area contributed by atoms with Crippen molar-refractivity contribution in [2.24, 2.45) is 0 Å². The summed E-state index contributed by atoms with van der Waals surface area (Å²) in [6.07, 6.45) is 1.57. The first-order chi connectivity index (χ1) is 8.15. The molecule has 1 unspecified atom stereocenters. The van der Waals surface area contributed by atoms with Gasteiger partial charge in [0.25, 0.3) is 5.91 Å². The van der Waals surface area contributed by atoms with Crippen LogP contribution < -0.4 is 0 Å². The molecule has 0 saturated carbocycles. The number of carbonyl (C=O) groups is 1. The van der Waals surface area contributed by atoms with E-state index in [4.69, 9.17) is 5.11 Å². The topological polar surface area (TPSA) is 81.0 Å². The van der Waals surface area contributed by atoms with Crippen LogP contribution in [0.25, 0.3) is 0 Å². The Hall–Kier alpha value is -1.75. The molecule has 1 aliphatic heterocycles. The molecule has 17 heavy (non-hydrogen) atoms. The summed E-state index contributed by atoms with van der Waals surface area (Å²) in [5.41, 5.74) is -0.0900. The Balaban J connectivity index is 2.31. The summed E-state index contributed by atoms with van der Waals surface area (Å²) in [6, 6.07) is 3.96. The highest BCUT2D eigenvalue weighted by molar-refractivity contribution is 5.99. The molecule has 2 rings (SSSR count). The molecule has 1 atom stereocenters. The minimum atomic E-state index is -0.433. The lowest BCUT2D eigenvalue weighted by atomic mass is 10.1. The Morgan fingerprint density at radius 3 is 2.59 bits per heavy atom. The number of aliphatic hydroxyl groups is 1. The van der Waals surface area contributed by atoms with Gasteiger partial charge in [-0.2, -0.15) is 0 Å². The van der Waals surface area contributed by atoms with Gasteiger partial charge < -0.3 is 20.2 Å². The minimum absolute atomic E-state index is 0.0900. The number of phenolic OH excluding ortho intramolecular Hbond substituents is 2. The molecule has 1 aromatic carbocycles. The Kier molecular flexibility index (Phi) is 3.19. The quantitative estimate of drug-likeness (QED) is 0.707. The van der Waals surface area contributed by atoms with Gasteiger partial charge in [-0.05, 0) is 25.0 Å². The fourth-order valence-corrected chi connectivity index (χ4v) is 2.18. The van der Waals surface area contributed by atoms with Gasteiger partial charge in [0, 0.05) is 6.54 Å². The fraction of sp³-hybridized carbons (Fsp3) is 0.417. The van der Waals surface area contributed by atoms with Gasteiger partial charge in [0.15, 0.2) is 0 Å². The predicted octanol–water partition coefficient (Wildman–Crippen LogP) is 0.695. The number of likely N-dealkylation sites (tertiary alicyclic amines) is 1. The van der Waals surface area contributed by atoms with Crippen LogP contribution in [0.3, 0.4) is 0 Å². The molecule has 1 fully saturated rings. The molecule has 0 spiro atoms. The van der Waals surface area contributed by atoms with Gasteiger partial charge in [0.05, 0.1) is 12.6 Å². The SMILES string of the molecule is O=C(c1c(O)cccc1O)N1CCCC1CO. The van der Waals surface area contributed by atoms with Crippen molar-refractivity contribution >= 4 is 5.91 Å². The molecule has 1 saturated heterocycles. The molecule has 1 heterocycles. The molecule has 0 aromatic heterocycles. The standard InChI is InChI=1S/C12H15NO4/c14-7-8-3-2-6-13(8)12(17)11-9(15)4-1-5-10(11)16/h1,4-5,8,14-16H,2-3,6-7H2. The number of benzene rings is 1. The van der Waals surface area contributed by atoms with Gasteiger partial charge in [-0.1, -0.05) is 6.07 Å². The van der Waals surface area contributed by atoms with Gasteiger partial charge in [0.2, 0.25) is 0 Å². The molecule has 0 radical (unpaired) electrons. The van der Waals surface area contributed by atoms with Crippen LogP contribution in [0, 0.1) is 0 Å². The summed E-state index contributed by atoms with van der Waals surface area (Å²) in [5, 5.41) is 28.4. The van der Waals surface area contributed by atoms with Crippen molar-refractivity contribution in [2.45, 2.75) is 18.9 Å². The molecule has 5 heteroatoms. The van der Waals surface area contributed by atoms with Crippen molar-refractivity contribution in [2.75, 3.05) is 13.2 Å². The van der Waals surface area contributed by atoms with Crippen LogP contribution in [-0.4, -0.2) is 45.3 Å². The van der Waals surface area contributed by atoms with Crippen LogP contribution >= 0.6 is 0 Å². The van der Waals surface area contributed by atoms with E-state index in [2.05, 4.69) is 0 Å². The van der Waals surface area contributed by atoms with Crippen molar-refractivity contribution in [1.29, 1.82) is 0 Å². The second-order valence-electron chi connectivity index (χ2n) is 4.15. The van der Waals surface area contributed by atoms with Crippen molar-refractivity contribution in [3.05, 3.63) is 23.8 Å². The van der Waals surface area contributed by atoms with E-state index in [1.807, 2.05) is 0 Å². The van der Waals surface area contributed by atoms with Gasteiger partial charge in [0.1, 0.15) is 17.1 Å². The number of rotatable bonds is 2.